The summed E-state index contributed by atoms with van der Waals surface area (Å²) in [6.07, 6.45) is 9.63. The first-order chi connectivity index (χ1) is 9.02. The standard InChI is InChI=1S/C17H34N2/c1-5-11-18-15-8-12-19(14(2)13-15)16-6-9-17(3,4)10-7-16/h14-16,18H,5-13H2,1-4H3. The molecule has 1 heterocycles. The molecule has 112 valence electrons. The highest BCUT2D eigenvalue weighted by atomic mass is 15.2. The Balaban J connectivity index is 1.80. The predicted molar refractivity (Wildman–Crippen MR) is 83.5 cm³/mol. The van der Waals surface area contributed by atoms with Crippen LogP contribution in [0, 0.1) is 5.41 Å². The van der Waals surface area contributed by atoms with Gasteiger partial charge in [0.1, 0.15) is 0 Å². The third-order valence-electron chi connectivity index (χ3n) is 5.39. The zero-order valence-corrected chi connectivity index (χ0v) is 13.5. The summed E-state index contributed by atoms with van der Waals surface area (Å²) in [4.78, 5) is 2.82. The maximum Gasteiger partial charge on any atom is 0.00985 e. The number of piperidine rings is 1. The molecule has 0 aromatic heterocycles. The van der Waals surface area contributed by atoms with Crippen LogP contribution in [0.1, 0.15) is 72.6 Å². The average molecular weight is 266 g/mol. The van der Waals surface area contributed by atoms with Gasteiger partial charge in [0.15, 0.2) is 0 Å². The van der Waals surface area contributed by atoms with E-state index in [1.807, 2.05) is 0 Å². The van der Waals surface area contributed by atoms with Crippen LogP contribution in [-0.4, -0.2) is 36.1 Å². The fourth-order valence-electron chi connectivity index (χ4n) is 3.98. The summed E-state index contributed by atoms with van der Waals surface area (Å²) in [5.41, 5.74) is 0.598. The van der Waals surface area contributed by atoms with E-state index in [1.54, 1.807) is 0 Å². The first-order valence-electron chi connectivity index (χ1n) is 8.51. The lowest BCUT2D eigenvalue weighted by atomic mass is 9.74. The van der Waals surface area contributed by atoms with Crippen LogP contribution >= 0.6 is 0 Å². The van der Waals surface area contributed by atoms with Gasteiger partial charge in [0.05, 0.1) is 0 Å². The first kappa shape index (κ1) is 15.3. The lowest BCUT2D eigenvalue weighted by Crippen LogP contribution is -2.52. The van der Waals surface area contributed by atoms with Crippen LogP contribution in [0.2, 0.25) is 0 Å². The third-order valence-corrected chi connectivity index (χ3v) is 5.39. The van der Waals surface area contributed by atoms with Gasteiger partial charge in [-0.25, -0.2) is 0 Å². The summed E-state index contributed by atoms with van der Waals surface area (Å²) in [6, 6.07) is 2.41. The fourth-order valence-corrected chi connectivity index (χ4v) is 3.98. The Labute approximate surface area is 120 Å². The summed E-state index contributed by atoms with van der Waals surface area (Å²) in [7, 11) is 0. The van der Waals surface area contributed by atoms with Gasteiger partial charge in [0.25, 0.3) is 0 Å². The van der Waals surface area contributed by atoms with E-state index in [4.69, 9.17) is 0 Å². The van der Waals surface area contributed by atoms with Crippen molar-refractivity contribution in [3.8, 4) is 0 Å². The Kier molecular flexibility index (Phi) is 5.30. The second kappa shape index (κ2) is 6.58. The molecule has 0 aromatic carbocycles. The van der Waals surface area contributed by atoms with Gasteiger partial charge in [-0.3, -0.25) is 4.90 Å². The number of rotatable bonds is 4. The molecule has 2 fully saturated rings. The number of hydrogen-bond donors (Lipinski definition) is 1. The topological polar surface area (TPSA) is 15.3 Å². The van der Waals surface area contributed by atoms with E-state index < -0.39 is 0 Å². The lowest BCUT2D eigenvalue weighted by Gasteiger charge is -2.46. The van der Waals surface area contributed by atoms with E-state index in [-0.39, 0.29) is 0 Å². The summed E-state index contributed by atoms with van der Waals surface area (Å²) in [5.74, 6) is 0. The minimum Gasteiger partial charge on any atom is -0.314 e. The molecule has 0 spiro atoms. The van der Waals surface area contributed by atoms with Crippen molar-refractivity contribution in [1.29, 1.82) is 0 Å². The summed E-state index contributed by atoms with van der Waals surface area (Å²) < 4.78 is 0. The van der Waals surface area contributed by atoms with Gasteiger partial charge >= 0.3 is 0 Å². The zero-order valence-electron chi connectivity index (χ0n) is 13.5. The van der Waals surface area contributed by atoms with Crippen molar-refractivity contribution < 1.29 is 0 Å². The molecule has 1 saturated carbocycles. The second-order valence-electron chi connectivity index (χ2n) is 7.66. The summed E-state index contributed by atoms with van der Waals surface area (Å²) >= 11 is 0. The Morgan fingerprint density at radius 1 is 1.16 bits per heavy atom. The van der Waals surface area contributed by atoms with Gasteiger partial charge in [0, 0.05) is 24.7 Å². The van der Waals surface area contributed by atoms with E-state index in [1.165, 1.54) is 58.0 Å². The molecule has 0 bridgehead atoms. The van der Waals surface area contributed by atoms with Crippen LogP contribution in [0.5, 0.6) is 0 Å². The first-order valence-corrected chi connectivity index (χ1v) is 8.51. The minimum atomic E-state index is 0.598. The van der Waals surface area contributed by atoms with Crippen molar-refractivity contribution in [3.05, 3.63) is 0 Å². The number of hydrogen-bond acceptors (Lipinski definition) is 2. The van der Waals surface area contributed by atoms with Crippen LogP contribution in [0.4, 0.5) is 0 Å². The molecule has 2 nitrogen and oxygen atoms in total. The van der Waals surface area contributed by atoms with Crippen LogP contribution in [0.15, 0.2) is 0 Å². The summed E-state index contributed by atoms with van der Waals surface area (Å²) in [6.45, 7) is 12.1. The normalized spacial score (nSPS) is 33.5. The molecule has 1 N–H and O–H groups in total. The molecule has 2 heteroatoms. The van der Waals surface area contributed by atoms with Gasteiger partial charge in [-0.05, 0) is 63.8 Å². The molecule has 0 amide bonds. The van der Waals surface area contributed by atoms with Crippen molar-refractivity contribution in [2.24, 2.45) is 5.41 Å². The van der Waals surface area contributed by atoms with Gasteiger partial charge in [-0.1, -0.05) is 20.8 Å². The minimum absolute atomic E-state index is 0.598. The highest BCUT2D eigenvalue weighted by molar-refractivity contribution is 4.90. The highest BCUT2D eigenvalue weighted by Gasteiger charge is 2.34. The molecule has 0 radical (unpaired) electrons. The molecule has 2 rings (SSSR count). The van der Waals surface area contributed by atoms with E-state index in [0.29, 0.717) is 5.41 Å². The molecule has 1 aliphatic carbocycles. The van der Waals surface area contributed by atoms with Crippen LogP contribution < -0.4 is 5.32 Å². The smallest absolute Gasteiger partial charge is 0.00985 e. The van der Waals surface area contributed by atoms with Crippen molar-refractivity contribution >= 4 is 0 Å². The Bertz CT molecular complexity index is 264. The largest absolute Gasteiger partial charge is 0.314 e. The second-order valence-corrected chi connectivity index (χ2v) is 7.66. The molecule has 2 unspecified atom stereocenters. The van der Waals surface area contributed by atoms with E-state index in [9.17, 15) is 0 Å². The molecule has 2 aliphatic rings. The Morgan fingerprint density at radius 2 is 1.84 bits per heavy atom. The van der Waals surface area contributed by atoms with Crippen LogP contribution in [0.25, 0.3) is 0 Å². The van der Waals surface area contributed by atoms with E-state index in [0.717, 1.165) is 18.1 Å². The molecule has 0 aromatic rings. The maximum atomic E-state index is 3.71. The summed E-state index contributed by atoms with van der Waals surface area (Å²) in [5, 5.41) is 3.71. The lowest BCUT2D eigenvalue weighted by molar-refractivity contribution is 0.0451. The van der Waals surface area contributed by atoms with Gasteiger partial charge in [0.2, 0.25) is 0 Å². The fraction of sp³-hybridized carbons (Fsp3) is 1.00. The predicted octanol–water partition coefficient (Wildman–Crippen LogP) is 3.81. The van der Waals surface area contributed by atoms with Gasteiger partial charge in [-0.15, -0.1) is 0 Å². The number of likely N-dealkylation sites (tertiary alicyclic amines) is 1. The third kappa shape index (κ3) is 4.19. The number of nitrogens with one attached hydrogen (secondary N) is 1. The molecule has 1 saturated heterocycles. The maximum absolute atomic E-state index is 3.71. The van der Waals surface area contributed by atoms with Crippen molar-refractivity contribution in [2.45, 2.75) is 90.8 Å². The SMILES string of the molecule is CCCNC1CCN(C2CCC(C)(C)CC2)C(C)C1. The van der Waals surface area contributed by atoms with Crippen molar-refractivity contribution in [1.82, 2.24) is 10.2 Å². The zero-order chi connectivity index (χ0) is 13.9. The van der Waals surface area contributed by atoms with Crippen molar-refractivity contribution in [2.75, 3.05) is 13.1 Å². The van der Waals surface area contributed by atoms with E-state index >= 15 is 0 Å². The highest BCUT2D eigenvalue weighted by Crippen LogP contribution is 2.38. The molecule has 19 heavy (non-hydrogen) atoms. The van der Waals surface area contributed by atoms with Gasteiger partial charge in [-0.2, -0.15) is 0 Å². The molecule has 1 aliphatic heterocycles. The van der Waals surface area contributed by atoms with Crippen LogP contribution in [0.3, 0.4) is 0 Å². The Morgan fingerprint density at radius 3 is 2.42 bits per heavy atom. The quantitative estimate of drug-likeness (QED) is 0.832. The monoisotopic (exact) mass is 266 g/mol. The average Bonchev–Trinajstić information content (AvgIpc) is 2.37. The Hall–Kier alpha value is -0.0800. The molecular formula is C17H34N2. The van der Waals surface area contributed by atoms with Gasteiger partial charge < -0.3 is 5.32 Å². The van der Waals surface area contributed by atoms with Crippen LogP contribution in [-0.2, 0) is 0 Å². The molecule has 2 atom stereocenters. The molecular weight excluding hydrogens is 232 g/mol. The van der Waals surface area contributed by atoms with Crippen molar-refractivity contribution in [3.63, 3.8) is 0 Å². The van der Waals surface area contributed by atoms with E-state index in [2.05, 4.69) is 37.9 Å². The number of nitrogens with zero attached hydrogens (tertiary/aromatic N) is 1.